The first-order chi connectivity index (χ1) is 11.7. The molecule has 1 amide bonds. The lowest BCUT2D eigenvalue weighted by Gasteiger charge is -2.30. The van der Waals surface area contributed by atoms with Crippen LogP contribution in [0.2, 0.25) is 0 Å². The summed E-state index contributed by atoms with van der Waals surface area (Å²) in [7, 11) is 0. The van der Waals surface area contributed by atoms with Gasteiger partial charge in [-0.15, -0.1) is 24.8 Å². The van der Waals surface area contributed by atoms with Gasteiger partial charge in [-0.25, -0.2) is 4.98 Å². The van der Waals surface area contributed by atoms with Crippen molar-refractivity contribution in [2.75, 3.05) is 13.1 Å². The first-order valence-corrected chi connectivity index (χ1v) is 8.32. The van der Waals surface area contributed by atoms with Gasteiger partial charge in [0.1, 0.15) is 0 Å². The molecule has 0 spiro atoms. The van der Waals surface area contributed by atoms with Gasteiger partial charge in [-0.2, -0.15) is 13.2 Å². The van der Waals surface area contributed by atoms with Crippen molar-refractivity contribution in [2.24, 2.45) is 5.73 Å². The summed E-state index contributed by atoms with van der Waals surface area (Å²) in [6.07, 6.45) is -2.85. The van der Waals surface area contributed by atoms with Crippen molar-refractivity contribution >= 4 is 41.8 Å². The van der Waals surface area contributed by atoms with E-state index in [0.29, 0.717) is 24.2 Å². The highest BCUT2D eigenvalue weighted by atomic mass is 35.5. The van der Waals surface area contributed by atoms with Crippen LogP contribution in [0.3, 0.4) is 0 Å². The maximum Gasteiger partial charge on any atom is 0.449 e. The van der Waals surface area contributed by atoms with E-state index in [-0.39, 0.29) is 42.3 Å². The minimum absolute atomic E-state index is 0. The first kappa shape index (κ1) is 23.5. The van der Waals surface area contributed by atoms with E-state index in [1.54, 1.807) is 24.8 Å². The summed E-state index contributed by atoms with van der Waals surface area (Å²) in [5, 5.41) is 0. The number of piperidine rings is 1. The molecule has 152 valence electrons. The summed E-state index contributed by atoms with van der Waals surface area (Å²) in [4.78, 5) is 18.0. The van der Waals surface area contributed by atoms with Crippen molar-refractivity contribution in [3.05, 3.63) is 29.6 Å². The second-order valence-corrected chi connectivity index (χ2v) is 6.75. The van der Waals surface area contributed by atoms with Crippen LogP contribution in [0.15, 0.2) is 18.2 Å². The van der Waals surface area contributed by atoms with Crippen LogP contribution in [0, 0.1) is 0 Å². The number of halogens is 5. The van der Waals surface area contributed by atoms with Crippen LogP contribution < -0.4 is 5.73 Å². The molecule has 1 aliphatic heterocycles. The van der Waals surface area contributed by atoms with Crippen molar-refractivity contribution in [1.82, 2.24) is 14.5 Å². The fourth-order valence-electron chi connectivity index (χ4n) is 3.33. The molecule has 1 aromatic heterocycles. The van der Waals surface area contributed by atoms with E-state index in [2.05, 4.69) is 4.98 Å². The molecular weight excluding hydrogens is 404 g/mol. The molecule has 0 saturated carbocycles. The third-order valence-electron chi connectivity index (χ3n) is 4.45. The van der Waals surface area contributed by atoms with Gasteiger partial charge in [0.15, 0.2) is 0 Å². The minimum atomic E-state index is -4.55. The second-order valence-electron chi connectivity index (χ2n) is 6.75. The van der Waals surface area contributed by atoms with Crippen LogP contribution in [0.5, 0.6) is 0 Å². The Bertz CT molecular complexity index is 807. The number of fused-ring (bicyclic) bond motifs is 1. The molecule has 0 aliphatic carbocycles. The van der Waals surface area contributed by atoms with Gasteiger partial charge in [0.05, 0.1) is 11.0 Å². The van der Waals surface area contributed by atoms with Crippen LogP contribution in [0.1, 0.15) is 48.9 Å². The van der Waals surface area contributed by atoms with Crippen molar-refractivity contribution in [3.8, 4) is 0 Å². The van der Waals surface area contributed by atoms with E-state index in [0.717, 1.165) is 17.4 Å². The summed E-state index contributed by atoms with van der Waals surface area (Å²) in [6.45, 7) is 4.42. The van der Waals surface area contributed by atoms with E-state index < -0.39 is 18.0 Å². The fourth-order valence-corrected chi connectivity index (χ4v) is 3.33. The molecule has 1 atom stereocenters. The first-order valence-electron chi connectivity index (χ1n) is 8.32. The molecule has 10 heteroatoms. The van der Waals surface area contributed by atoms with Crippen molar-refractivity contribution < 1.29 is 18.0 Å². The average molecular weight is 427 g/mol. The van der Waals surface area contributed by atoms with E-state index in [4.69, 9.17) is 5.73 Å². The quantitative estimate of drug-likeness (QED) is 0.787. The number of carbonyl (C=O) groups excluding carboxylic acids is 1. The van der Waals surface area contributed by atoms with Crippen LogP contribution in [0.25, 0.3) is 11.0 Å². The summed E-state index contributed by atoms with van der Waals surface area (Å²) >= 11 is 0. The number of imidazole rings is 1. The molecular formula is C17H23Cl2F3N4O. The zero-order valence-electron chi connectivity index (χ0n) is 15.0. The summed E-state index contributed by atoms with van der Waals surface area (Å²) in [6, 6.07) is 4.08. The normalized spacial score (nSPS) is 17.6. The number of rotatable bonds is 2. The number of benzene rings is 1. The number of amides is 1. The molecule has 1 fully saturated rings. The third-order valence-corrected chi connectivity index (χ3v) is 4.45. The Kier molecular flexibility index (Phi) is 7.55. The maximum absolute atomic E-state index is 13.3. The zero-order valence-corrected chi connectivity index (χ0v) is 16.6. The molecule has 1 aliphatic rings. The van der Waals surface area contributed by atoms with Crippen LogP contribution >= 0.6 is 24.8 Å². The number of likely N-dealkylation sites (tertiary alicyclic amines) is 1. The Hall–Kier alpha value is -1.51. The van der Waals surface area contributed by atoms with Gasteiger partial charge >= 0.3 is 6.18 Å². The molecule has 5 nitrogen and oxygen atoms in total. The lowest BCUT2D eigenvalue weighted by molar-refractivity contribution is -0.147. The fraction of sp³-hybridized carbons (Fsp3) is 0.529. The molecule has 2 aromatic rings. The minimum Gasteiger partial charge on any atom is -0.337 e. The number of nitrogens with zero attached hydrogens (tertiary/aromatic N) is 3. The van der Waals surface area contributed by atoms with Crippen molar-refractivity contribution in [2.45, 2.75) is 44.9 Å². The van der Waals surface area contributed by atoms with Crippen molar-refractivity contribution in [1.29, 1.82) is 0 Å². The topological polar surface area (TPSA) is 64.2 Å². The Morgan fingerprint density at radius 1 is 1.30 bits per heavy atom. The molecule has 3 rings (SSSR count). The molecule has 2 heterocycles. The Balaban J connectivity index is 0.00000182. The Morgan fingerprint density at radius 3 is 2.52 bits per heavy atom. The summed E-state index contributed by atoms with van der Waals surface area (Å²) in [5.41, 5.74) is 6.78. The van der Waals surface area contributed by atoms with Crippen LogP contribution in [-0.2, 0) is 6.18 Å². The number of nitrogens with two attached hydrogens (primary N) is 1. The van der Waals surface area contributed by atoms with Gasteiger partial charge in [-0.05, 0) is 44.9 Å². The van der Waals surface area contributed by atoms with E-state index >= 15 is 0 Å². The summed E-state index contributed by atoms with van der Waals surface area (Å²) in [5.74, 6) is -1.16. The second kappa shape index (κ2) is 8.67. The largest absolute Gasteiger partial charge is 0.449 e. The van der Waals surface area contributed by atoms with Gasteiger partial charge in [0.25, 0.3) is 5.91 Å². The van der Waals surface area contributed by atoms with E-state index in [1.807, 2.05) is 0 Å². The highest BCUT2D eigenvalue weighted by Crippen LogP contribution is 2.34. The third kappa shape index (κ3) is 4.67. The molecule has 0 bridgehead atoms. The highest BCUT2D eigenvalue weighted by molar-refractivity contribution is 5.97. The lowest BCUT2D eigenvalue weighted by atomic mass is 10.1. The van der Waals surface area contributed by atoms with Gasteiger partial charge in [0, 0.05) is 30.7 Å². The molecule has 2 N–H and O–H groups in total. The molecule has 1 aromatic carbocycles. The summed E-state index contributed by atoms with van der Waals surface area (Å²) < 4.78 is 41.0. The monoisotopic (exact) mass is 426 g/mol. The Morgan fingerprint density at radius 2 is 1.96 bits per heavy atom. The zero-order chi connectivity index (χ0) is 18.4. The maximum atomic E-state index is 13.3. The van der Waals surface area contributed by atoms with Crippen LogP contribution in [0.4, 0.5) is 13.2 Å². The SMILES string of the molecule is CC(C)n1c(C(F)(F)F)nc2cc(C(=O)N3CCCC(N)C3)ccc21.Cl.Cl. The van der Waals surface area contributed by atoms with Crippen LogP contribution in [-0.4, -0.2) is 39.5 Å². The highest BCUT2D eigenvalue weighted by Gasteiger charge is 2.38. The number of aromatic nitrogens is 2. The number of alkyl halides is 3. The van der Waals surface area contributed by atoms with Gasteiger partial charge in [-0.3, -0.25) is 4.79 Å². The number of hydrogen-bond acceptors (Lipinski definition) is 3. The average Bonchev–Trinajstić information content (AvgIpc) is 2.93. The smallest absolute Gasteiger partial charge is 0.337 e. The number of carbonyl (C=O) groups is 1. The van der Waals surface area contributed by atoms with Gasteiger partial charge in [0.2, 0.25) is 5.82 Å². The van der Waals surface area contributed by atoms with Gasteiger partial charge < -0.3 is 15.2 Å². The van der Waals surface area contributed by atoms with Gasteiger partial charge in [-0.1, -0.05) is 0 Å². The van der Waals surface area contributed by atoms with E-state index in [1.165, 1.54) is 12.1 Å². The van der Waals surface area contributed by atoms with E-state index in [9.17, 15) is 18.0 Å². The number of hydrogen-bond donors (Lipinski definition) is 1. The Labute approximate surface area is 167 Å². The molecule has 1 saturated heterocycles. The standard InChI is InChI=1S/C17H21F3N4O.2ClH/c1-10(2)24-14-6-5-11(8-13(14)22-16(24)17(18,19)20)15(25)23-7-3-4-12(21)9-23;;/h5-6,8,10,12H,3-4,7,9,21H2,1-2H3;2*1H. The molecule has 27 heavy (non-hydrogen) atoms. The predicted octanol–water partition coefficient (Wildman–Crippen LogP) is 4.04. The predicted molar refractivity (Wildman–Crippen MR) is 103 cm³/mol. The van der Waals surface area contributed by atoms with Crippen molar-refractivity contribution in [3.63, 3.8) is 0 Å². The molecule has 0 radical (unpaired) electrons. The lowest BCUT2D eigenvalue weighted by Crippen LogP contribution is -2.45. The molecule has 1 unspecified atom stereocenters.